The summed E-state index contributed by atoms with van der Waals surface area (Å²) >= 11 is 1.86. The highest BCUT2D eigenvalue weighted by atomic mass is 32.1. The Hall–Kier alpha value is -7.31. The second kappa shape index (κ2) is 15.3. The highest BCUT2D eigenvalue weighted by Gasteiger charge is 2.39. The van der Waals surface area contributed by atoms with E-state index >= 15 is 0 Å². The van der Waals surface area contributed by atoms with Gasteiger partial charge in [0, 0.05) is 31.5 Å². The number of rotatable bonds is 8. The maximum Gasteiger partial charge on any atom is 0.0991 e. The topological polar surface area (TPSA) is 23.8 Å². The van der Waals surface area contributed by atoms with Crippen LogP contribution in [-0.2, 0) is 11.8 Å². The number of hydrogen-bond donors (Lipinski definition) is 0. The van der Waals surface area contributed by atoms with Gasteiger partial charge in [0.25, 0.3) is 0 Å². The third-order valence-electron chi connectivity index (χ3n) is 13.1. The monoisotopic (exact) mass is 809 g/mol. The van der Waals surface area contributed by atoms with Crippen molar-refractivity contribution in [3.8, 4) is 28.3 Å². The van der Waals surface area contributed by atoms with E-state index in [1.54, 1.807) is 0 Å². The number of nitriles is 1. The van der Waals surface area contributed by atoms with E-state index in [1.807, 2.05) is 23.5 Å². The minimum atomic E-state index is -0.246. The molecule has 11 rings (SSSR count). The van der Waals surface area contributed by atoms with Crippen molar-refractivity contribution in [2.45, 2.75) is 31.6 Å². The summed E-state index contributed by atoms with van der Waals surface area (Å²) in [4.78, 5) is 0. The molecule has 1 aliphatic carbocycles. The van der Waals surface area contributed by atoms with Crippen molar-refractivity contribution in [2.24, 2.45) is 0 Å². The fraction of sp³-hybridized carbons (Fsp3) is 0.0833. The molecule has 1 aliphatic rings. The lowest BCUT2D eigenvalue weighted by Gasteiger charge is -2.28. The molecule has 0 bridgehead atoms. The van der Waals surface area contributed by atoms with Crippen LogP contribution in [0.25, 0.3) is 64.8 Å². The average molecular weight is 810 g/mol. The van der Waals surface area contributed by atoms with Crippen LogP contribution in [0, 0.1) is 11.3 Å². The van der Waals surface area contributed by atoms with Gasteiger partial charge in [0.05, 0.1) is 11.6 Å². The molecule has 62 heavy (non-hydrogen) atoms. The maximum absolute atomic E-state index is 9.74. The van der Waals surface area contributed by atoms with E-state index in [9.17, 15) is 5.26 Å². The molecule has 1 heterocycles. The Morgan fingerprint density at radius 3 is 2.13 bits per heavy atom. The molecule has 1 atom stereocenters. The van der Waals surface area contributed by atoms with Gasteiger partial charge in [0.15, 0.2) is 0 Å². The zero-order valence-electron chi connectivity index (χ0n) is 34.8. The summed E-state index contributed by atoms with van der Waals surface area (Å²) in [6.07, 6.45) is 3.22. The van der Waals surface area contributed by atoms with E-state index in [-0.39, 0.29) is 11.3 Å². The maximum atomic E-state index is 9.74. The van der Waals surface area contributed by atoms with Crippen LogP contribution in [0.15, 0.2) is 200 Å². The molecule has 10 aromatic rings. The Labute approximate surface area is 367 Å². The first-order valence-electron chi connectivity index (χ1n) is 21.5. The van der Waals surface area contributed by atoms with Crippen LogP contribution in [0.3, 0.4) is 0 Å². The summed E-state index contributed by atoms with van der Waals surface area (Å²) in [5.74, 6) is 0.0648. The van der Waals surface area contributed by atoms with Crippen LogP contribution >= 0.6 is 11.3 Å². The molecule has 0 aliphatic heterocycles. The van der Waals surface area contributed by atoms with Gasteiger partial charge in [0.1, 0.15) is 0 Å². The van der Waals surface area contributed by atoms with Crippen molar-refractivity contribution >= 4 is 53.9 Å². The largest absolute Gasteiger partial charge is 0.192 e. The molecular formula is C60H43NS. The molecular weight excluding hydrogens is 767 g/mol. The van der Waals surface area contributed by atoms with Crippen molar-refractivity contribution in [3.63, 3.8) is 0 Å². The van der Waals surface area contributed by atoms with Gasteiger partial charge in [0.2, 0.25) is 0 Å². The predicted octanol–water partition coefficient (Wildman–Crippen LogP) is 16.0. The predicted molar refractivity (Wildman–Crippen MR) is 263 cm³/mol. The zero-order valence-corrected chi connectivity index (χ0v) is 35.6. The minimum Gasteiger partial charge on any atom is -0.192 e. The molecule has 0 saturated carbocycles. The molecule has 0 radical (unpaired) electrons. The minimum absolute atomic E-state index is 0.0648. The molecule has 1 aromatic heterocycles. The van der Waals surface area contributed by atoms with E-state index in [0.29, 0.717) is 5.56 Å². The number of benzene rings is 9. The molecule has 9 aromatic carbocycles. The Balaban J connectivity index is 1.14. The summed E-state index contributed by atoms with van der Waals surface area (Å²) in [5, 5.41) is 14.9. The number of thiophene rings is 1. The van der Waals surface area contributed by atoms with E-state index in [0.717, 1.165) is 6.42 Å². The average Bonchev–Trinajstić information content (AvgIpc) is 3.81. The Morgan fingerprint density at radius 2 is 1.31 bits per heavy atom. The standard InChI is InChI=1S/C60H43NS/c1-60(2)54-25-11-9-22-48(54)53-37-46-21-14-24-47(57(46)58(59(53)60)51(42-17-7-4-8-18-42)33-39-15-5-3-6-16-39)44-19-13-20-45(36-44)50(43-30-27-40(38-61)28-31-43)34-41-29-32-56-52(35-41)49-23-10-12-26-55(49)62-56/h3-33,35-37,50H,34H2,1-2H3/b51-33-. The molecule has 1 unspecified atom stereocenters. The van der Waals surface area contributed by atoms with Gasteiger partial charge < -0.3 is 0 Å². The summed E-state index contributed by atoms with van der Waals surface area (Å²) in [5.41, 5.74) is 16.8. The molecule has 0 spiro atoms. The molecule has 2 heteroatoms. The van der Waals surface area contributed by atoms with E-state index in [1.165, 1.54) is 103 Å². The van der Waals surface area contributed by atoms with Crippen molar-refractivity contribution in [1.29, 1.82) is 5.26 Å². The van der Waals surface area contributed by atoms with Crippen LogP contribution in [0.4, 0.5) is 0 Å². The van der Waals surface area contributed by atoms with E-state index in [2.05, 4.69) is 214 Å². The van der Waals surface area contributed by atoms with Gasteiger partial charge in [-0.15, -0.1) is 11.3 Å². The van der Waals surface area contributed by atoms with Crippen molar-refractivity contribution in [2.75, 3.05) is 0 Å². The highest BCUT2D eigenvalue weighted by Crippen LogP contribution is 2.55. The second-order valence-electron chi connectivity index (χ2n) is 17.1. The van der Waals surface area contributed by atoms with Crippen LogP contribution in [-0.4, -0.2) is 0 Å². The molecule has 0 N–H and O–H groups in total. The lowest BCUT2D eigenvalue weighted by molar-refractivity contribution is 0.659. The number of nitrogens with zero attached hydrogens (tertiary/aromatic N) is 1. The van der Waals surface area contributed by atoms with Gasteiger partial charge in [-0.05, 0) is 132 Å². The summed E-state index contributed by atoms with van der Waals surface area (Å²) < 4.78 is 2.63. The number of hydrogen-bond acceptors (Lipinski definition) is 2. The Morgan fingerprint density at radius 1 is 0.597 bits per heavy atom. The smallest absolute Gasteiger partial charge is 0.0991 e. The second-order valence-corrected chi connectivity index (χ2v) is 18.2. The van der Waals surface area contributed by atoms with Crippen LogP contribution in [0.2, 0.25) is 0 Å². The highest BCUT2D eigenvalue weighted by molar-refractivity contribution is 7.25. The van der Waals surface area contributed by atoms with Crippen molar-refractivity contribution < 1.29 is 0 Å². The zero-order chi connectivity index (χ0) is 41.8. The summed E-state index contributed by atoms with van der Waals surface area (Å²) in [6, 6.07) is 75.5. The molecule has 294 valence electrons. The van der Waals surface area contributed by atoms with E-state index in [4.69, 9.17) is 0 Å². The first-order chi connectivity index (χ1) is 30.4. The van der Waals surface area contributed by atoms with Gasteiger partial charge >= 0.3 is 0 Å². The van der Waals surface area contributed by atoms with Crippen LogP contribution < -0.4 is 0 Å². The fourth-order valence-electron chi connectivity index (χ4n) is 10.1. The summed E-state index contributed by atoms with van der Waals surface area (Å²) in [6.45, 7) is 4.81. The third-order valence-corrected chi connectivity index (χ3v) is 14.2. The Kier molecular flexibility index (Phi) is 9.30. The lowest BCUT2D eigenvalue weighted by atomic mass is 9.75. The van der Waals surface area contributed by atoms with Gasteiger partial charge in [-0.3, -0.25) is 0 Å². The van der Waals surface area contributed by atoms with Gasteiger partial charge in [-0.25, -0.2) is 0 Å². The van der Waals surface area contributed by atoms with Crippen molar-refractivity contribution in [1.82, 2.24) is 0 Å². The molecule has 0 amide bonds. The molecule has 0 fully saturated rings. The normalized spacial score (nSPS) is 13.5. The van der Waals surface area contributed by atoms with Crippen molar-refractivity contribution in [3.05, 3.63) is 250 Å². The first-order valence-corrected chi connectivity index (χ1v) is 22.3. The first kappa shape index (κ1) is 37.7. The SMILES string of the molecule is CC1(C)c2ccccc2-c2cc3cccc(-c4cccc(C(Cc5ccc6sc7ccccc7c6c5)c5ccc(C#N)cc5)c4)c3c(/C(=C\c3ccccc3)c3ccccc3)c21. The van der Waals surface area contributed by atoms with Crippen LogP contribution in [0.5, 0.6) is 0 Å². The van der Waals surface area contributed by atoms with E-state index < -0.39 is 0 Å². The molecule has 1 nitrogen and oxygen atoms in total. The number of fused-ring (bicyclic) bond motifs is 7. The lowest BCUT2D eigenvalue weighted by Crippen LogP contribution is -2.17. The molecule has 0 saturated heterocycles. The fourth-order valence-corrected chi connectivity index (χ4v) is 11.2. The van der Waals surface area contributed by atoms with Gasteiger partial charge in [-0.1, -0.05) is 178 Å². The quantitative estimate of drug-likeness (QED) is 0.140. The van der Waals surface area contributed by atoms with Gasteiger partial charge in [-0.2, -0.15) is 5.26 Å². The van der Waals surface area contributed by atoms with Crippen LogP contribution in [0.1, 0.15) is 69.8 Å². The third kappa shape index (κ3) is 6.45. The Bertz CT molecular complexity index is 3400. The summed E-state index contributed by atoms with van der Waals surface area (Å²) in [7, 11) is 0.